The van der Waals surface area contributed by atoms with Crippen LogP contribution in [0.5, 0.6) is 11.5 Å². The Morgan fingerprint density at radius 1 is 1.40 bits per heavy atom. The third-order valence-corrected chi connectivity index (χ3v) is 4.12. The van der Waals surface area contributed by atoms with E-state index in [1.165, 1.54) is 11.0 Å². The lowest BCUT2D eigenvalue weighted by atomic mass is 10.1. The minimum absolute atomic E-state index is 0.0419. The first-order valence-electron chi connectivity index (χ1n) is 9.54. The summed E-state index contributed by atoms with van der Waals surface area (Å²) in [6.07, 6.45) is -0.918. The molecule has 2 amide bonds. The number of benzene rings is 1. The molecular weight excluding hydrogens is 398 g/mol. The van der Waals surface area contributed by atoms with Crippen molar-refractivity contribution in [2.45, 2.75) is 39.4 Å². The number of nitro groups is 1. The van der Waals surface area contributed by atoms with Gasteiger partial charge in [0.25, 0.3) is 5.91 Å². The quantitative estimate of drug-likeness (QED) is 0.521. The van der Waals surface area contributed by atoms with Gasteiger partial charge in [-0.2, -0.15) is 0 Å². The Kier molecular flexibility index (Phi) is 7.43. The SMILES string of the molecule is CCOc1c(C(=O)NCC2CN(C(=O)OC(C)(C)C)CCO2)ccc([N+](=O)[O-])c1O. The van der Waals surface area contributed by atoms with E-state index < -0.39 is 40.1 Å². The minimum atomic E-state index is -0.763. The molecule has 0 bridgehead atoms. The van der Waals surface area contributed by atoms with Gasteiger partial charge in [0.1, 0.15) is 5.60 Å². The zero-order chi connectivity index (χ0) is 22.5. The van der Waals surface area contributed by atoms with Gasteiger partial charge in [0.2, 0.25) is 5.75 Å². The summed E-state index contributed by atoms with van der Waals surface area (Å²) in [6.45, 7) is 8.05. The average Bonchev–Trinajstić information content (AvgIpc) is 2.66. The summed E-state index contributed by atoms with van der Waals surface area (Å²) in [5.41, 5.74) is -1.22. The van der Waals surface area contributed by atoms with Crippen LogP contribution in [0.25, 0.3) is 0 Å². The third kappa shape index (κ3) is 5.96. The molecule has 1 aromatic carbocycles. The third-order valence-electron chi connectivity index (χ3n) is 4.12. The van der Waals surface area contributed by atoms with Crippen LogP contribution in [0.15, 0.2) is 12.1 Å². The van der Waals surface area contributed by atoms with Gasteiger partial charge in [-0.05, 0) is 33.8 Å². The molecule has 1 saturated heterocycles. The topological polar surface area (TPSA) is 140 Å². The monoisotopic (exact) mass is 425 g/mol. The maximum Gasteiger partial charge on any atom is 0.410 e. The molecule has 2 rings (SSSR count). The fourth-order valence-corrected chi connectivity index (χ4v) is 2.81. The van der Waals surface area contributed by atoms with Crippen LogP contribution < -0.4 is 10.1 Å². The van der Waals surface area contributed by atoms with Gasteiger partial charge in [0.05, 0.1) is 36.3 Å². The number of rotatable bonds is 6. The van der Waals surface area contributed by atoms with Crippen LogP contribution in [0.3, 0.4) is 0 Å². The maximum atomic E-state index is 12.6. The van der Waals surface area contributed by atoms with Gasteiger partial charge < -0.3 is 29.5 Å². The first kappa shape index (κ1) is 23.2. The summed E-state index contributed by atoms with van der Waals surface area (Å²) in [4.78, 5) is 36.5. The molecule has 11 heteroatoms. The van der Waals surface area contributed by atoms with Gasteiger partial charge in [-0.15, -0.1) is 0 Å². The number of nitro benzene ring substituents is 1. The largest absolute Gasteiger partial charge is 0.499 e. The Bertz CT molecular complexity index is 806. The fourth-order valence-electron chi connectivity index (χ4n) is 2.81. The number of aromatic hydroxyl groups is 1. The number of phenolic OH excluding ortho intramolecular Hbond substituents is 1. The van der Waals surface area contributed by atoms with Crippen LogP contribution >= 0.6 is 0 Å². The standard InChI is InChI=1S/C19H27N3O8/c1-5-28-16-13(6-7-14(15(16)23)22(26)27)17(24)20-10-12-11-21(8-9-29-12)18(25)30-19(2,3)4/h6-7,12,23H,5,8-11H2,1-4H3,(H,20,24). The van der Waals surface area contributed by atoms with Crippen molar-refractivity contribution in [1.82, 2.24) is 10.2 Å². The van der Waals surface area contributed by atoms with Crippen molar-refractivity contribution in [3.63, 3.8) is 0 Å². The van der Waals surface area contributed by atoms with E-state index in [9.17, 15) is 24.8 Å². The summed E-state index contributed by atoms with van der Waals surface area (Å²) in [5, 5.41) is 23.7. The van der Waals surface area contributed by atoms with Crippen molar-refractivity contribution in [3.05, 3.63) is 27.8 Å². The molecule has 1 aromatic rings. The predicted octanol–water partition coefficient (Wildman–Crippen LogP) is 2.06. The van der Waals surface area contributed by atoms with E-state index in [2.05, 4.69) is 5.32 Å². The average molecular weight is 425 g/mol. The number of morpholine rings is 1. The maximum absolute atomic E-state index is 12.6. The van der Waals surface area contributed by atoms with Crippen molar-refractivity contribution in [2.75, 3.05) is 32.8 Å². The van der Waals surface area contributed by atoms with Gasteiger partial charge in [-0.3, -0.25) is 14.9 Å². The number of phenols is 1. The van der Waals surface area contributed by atoms with Crippen LogP contribution in [0.1, 0.15) is 38.1 Å². The van der Waals surface area contributed by atoms with Crippen LogP contribution in [0, 0.1) is 10.1 Å². The summed E-state index contributed by atoms with van der Waals surface area (Å²) >= 11 is 0. The number of carbonyl (C=O) groups is 2. The molecule has 11 nitrogen and oxygen atoms in total. The Balaban J connectivity index is 2.04. The van der Waals surface area contributed by atoms with Crippen molar-refractivity contribution in [3.8, 4) is 11.5 Å². The molecule has 166 valence electrons. The van der Waals surface area contributed by atoms with Crippen LogP contribution in [-0.4, -0.2) is 71.5 Å². The van der Waals surface area contributed by atoms with Gasteiger partial charge >= 0.3 is 11.8 Å². The molecule has 0 saturated carbocycles. The Hall–Kier alpha value is -3.08. The molecule has 1 fully saturated rings. The van der Waals surface area contributed by atoms with Crippen molar-refractivity contribution >= 4 is 17.7 Å². The Morgan fingerprint density at radius 2 is 2.10 bits per heavy atom. The molecule has 0 aromatic heterocycles. The van der Waals surface area contributed by atoms with Gasteiger partial charge in [-0.25, -0.2) is 4.79 Å². The normalized spacial score (nSPS) is 16.7. The molecule has 1 heterocycles. The number of carbonyl (C=O) groups excluding carboxylic acids is 2. The van der Waals surface area contributed by atoms with E-state index in [0.717, 1.165) is 6.07 Å². The zero-order valence-electron chi connectivity index (χ0n) is 17.5. The Morgan fingerprint density at radius 3 is 2.70 bits per heavy atom. The van der Waals surface area contributed by atoms with E-state index in [1.807, 2.05) is 0 Å². The molecule has 1 aliphatic rings. The molecule has 0 radical (unpaired) electrons. The number of hydrogen-bond acceptors (Lipinski definition) is 8. The molecule has 1 atom stereocenters. The second-order valence-corrected chi connectivity index (χ2v) is 7.63. The number of nitrogens with zero attached hydrogens (tertiary/aromatic N) is 2. The van der Waals surface area contributed by atoms with Crippen LogP contribution in [-0.2, 0) is 9.47 Å². The number of nitrogens with one attached hydrogen (secondary N) is 1. The highest BCUT2D eigenvalue weighted by molar-refractivity contribution is 5.98. The minimum Gasteiger partial charge on any atom is -0.499 e. The van der Waals surface area contributed by atoms with Crippen molar-refractivity contribution < 1.29 is 33.8 Å². The number of amides is 2. The second kappa shape index (κ2) is 9.61. The van der Waals surface area contributed by atoms with Crippen LogP contribution in [0.2, 0.25) is 0 Å². The molecule has 30 heavy (non-hydrogen) atoms. The zero-order valence-corrected chi connectivity index (χ0v) is 17.5. The highest BCUT2D eigenvalue weighted by Gasteiger charge is 2.29. The van der Waals surface area contributed by atoms with E-state index in [4.69, 9.17) is 14.2 Å². The molecule has 0 aliphatic carbocycles. The lowest BCUT2D eigenvalue weighted by molar-refractivity contribution is -0.386. The van der Waals surface area contributed by atoms with E-state index in [1.54, 1.807) is 27.7 Å². The summed E-state index contributed by atoms with van der Waals surface area (Å²) in [6, 6.07) is 2.25. The molecule has 0 spiro atoms. The van der Waals surface area contributed by atoms with E-state index in [-0.39, 0.29) is 31.0 Å². The van der Waals surface area contributed by atoms with Crippen molar-refractivity contribution in [1.29, 1.82) is 0 Å². The first-order chi connectivity index (χ1) is 14.0. The van der Waals surface area contributed by atoms with Gasteiger partial charge in [0, 0.05) is 19.2 Å². The van der Waals surface area contributed by atoms with E-state index in [0.29, 0.717) is 13.2 Å². The summed E-state index contributed by atoms with van der Waals surface area (Å²) in [5.74, 6) is -1.56. The number of ether oxygens (including phenoxy) is 3. The smallest absolute Gasteiger partial charge is 0.410 e. The Labute approximate surface area is 174 Å². The fraction of sp³-hybridized carbons (Fsp3) is 0.579. The summed E-state index contributed by atoms with van der Waals surface area (Å²) < 4.78 is 16.2. The summed E-state index contributed by atoms with van der Waals surface area (Å²) in [7, 11) is 0. The highest BCUT2D eigenvalue weighted by atomic mass is 16.6. The molecular formula is C19H27N3O8. The van der Waals surface area contributed by atoms with E-state index >= 15 is 0 Å². The lowest BCUT2D eigenvalue weighted by Crippen LogP contribution is -2.50. The molecule has 1 unspecified atom stereocenters. The van der Waals surface area contributed by atoms with Gasteiger partial charge in [-0.1, -0.05) is 0 Å². The number of hydrogen-bond donors (Lipinski definition) is 2. The van der Waals surface area contributed by atoms with Crippen molar-refractivity contribution in [2.24, 2.45) is 0 Å². The van der Waals surface area contributed by atoms with Gasteiger partial charge in [0.15, 0.2) is 5.75 Å². The lowest BCUT2D eigenvalue weighted by Gasteiger charge is -2.34. The highest BCUT2D eigenvalue weighted by Crippen LogP contribution is 2.38. The first-order valence-corrected chi connectivity index (χ1v) is 9.54. The molecule has 2 N–H and O–H groups in total. The molecule has 1 aliphatic heterocycles. The predicted molar refractivity (Wildman–Crippen MR) is 106 cm³/mol. The van der Waals surface area contributed by atoms with Crippen LogP contribution in [0.4, 0.5) is 10.5 Å². The second-order valence-electron chi connectivity index (χ2n) is 7.63.